The molecule has 18 heavy (non-hydrogen) atoms. The van der Waals surface area contributed by atoms with Crippen molar-refractivity contribution in [2.75, 3.05) is 19.9 Å². The summed E-state index contributed by atoms with van der Waals surface area (Å²) in [6, 6.07) is 5.46. The molecule has 0 aliphatic carbocycles. The van der Waals surface area contributed by atoms with Crippen LogP contribution in [0.2, 0.25) is 0 Å². The highest BCUT2D eigenvalue weighted by molar-refractivity contribution is 7.59. The lowest BCUT2D eigenvalue weighted by Gasteiger charge is -2.28. The van der Waals surface area contributed by atoms with Crippen LogP contribution in [0.3, 0.4) is 0 Å². The number of methoxy groups -OCH3 is 1. The first-order valence-corrected chi connectivity index (χ1v) is 7.65. The molecule has 1 aliphatic heterocycles. The van der Waals surface area contributed by atoms with Crippen molar-refractivity contribution < 1.29 is 18.7 Å². The Hall–Kier alpha value is -1.09. The van der Waals surface area contributed by atoms with E-state index in [9.17, 15) is 4.89 Å². The maximum atomic E-state index is 12.4. The highest BCUT2D eigenvalue weighted by Gasteiger charge is 2.31. The van der Waals surface area contributed by atoms with E-state index in [1.165, 1.54) is 0 Å². The summed E-state index contributed by atoms with van der Waals surface area (Å²) in [5, 5.41) is 0. The number of ether oxygens (including phenoxy) is 1. The zero-order valence-corrected chi connectivity index (χ0v) is 11.5. The minimum Gasteiger partial charge on any atom is -0.624 e. The summed E-state index contributed by atoms with van der Waals surface area (Å²) >= 11 is 0. The first-order valence-electron chi connectivity index (χ1n) is 5.92. The average Bonchev–Trinajstić information content (AvgIpc) is 2.34. The van der Waals surface area contributed by atoms with E-state index in [2.05, 4.69) is 0 Å². The van der Waals surface area contributed by atoms with Crippen LogP contribution in [0, 0.1) is 0 Å². The molecule has 0 aromatic heterocycles. The Kier molecular flexibility index (Phi) is 4.23. The fourth-order valence-electron chi connectivity index (χ4n) is 1.81. The van der Waals surface area contributed by atoms with Gasteiger partial charge in [0.1, 0.15) is 11.9 Å². The first-order chi connectivity index (χ1) is 8.67. The molecule has 1 aliphatic rings. The van der Waals surface area contributed by atoms with Gasteiger partial charge in [0.05, 0.1) is 13.7 Å². The molecule has 0 saturated heterocycles. The van der Waals surface area contributed by atoms with Crippen molar-refractivity contribution in [2.24, 2.45) is 0 Å². The fraction of sp³-hybridized carbons (Fsp3) is 0.385. The molecule has 1 atom stereocenters. The zero-order chi connectivity index (χ0) is 13.0. The molecule has 1 aromatic rings. The minimum atomic E-state index is -3.07. The van der Waals surface area contributed by atoms with Gasteiger partial charge in [0.25, 0.3) is 7.94 Å². The number of hydrogen-bond donors (Lipinski definition) is 0. The Labute approximate surface area is 108 Å². The van der Waals surface area contributed by atoms with Crippen LogP contribution in [-0.4, -0.2) is 19.9 Å². The van der Waals surface area contributed by atoms with Crippen LogP contribution < -0.4 is 14.2 Å². The Morgan fingerprint density at radius 1 is 1.39 bits per heavy atom. The maximum absolute atomic E-state index is 12.4. The van der Waals surface area contributed by atoms with Gasteiger partial charge in [-0.15, -0.1) is 0 Å². The summed E-state index contributed by atoms with van der Waals surface area (Å²) in [6.45, 7) is 2.18. The van der Waals surface area contributed by atoms with E-state index in [1.54, 1.807) is 26.2 Å². The molecule has 5 heteroatoms. The van der Waals surface area contributed by atoms with E-state index in [0.29, 0.717) is 18.5 Å². The van der Waals surface area contributed by atoms with Crippen LogP contribution in [0.5, 0.6) is 11.5 Å². The standard InChI is InChI=1S/C13H17O4P/c1-3-16-18(14)9-5-4-6-11-10-12(15-2)7-8-13(11)17-18/h4-5,7-8,10H,3,6,9H2,1-2H3/b5-4-. The molecule has 0 N–H and O–H groups in total. The van der Waals surface area contributed by atoms with Crippen molar-refractivity contribution in [3.8, 4) is 11.5 Å². The van der Waals surface area contributed by atoms with Crippen molar-refractivity contribution in [1.29, 1.82) is 0 Å². The van der Waals surface area contributed by atoms with Gasteiger partial charge in [0.2, 0.25) is 0 Å². The molecule has 4 nitrogen and oxygen atoms in total. The second-order valence-electron chi connectivity index (χ2n) is 3.95. The third-order valence-electron chi connectivity index (χ3n) is 2.66. The van der Waals surface area contributed by atoms with Crippen molar-refractivity contribution in [3.05, 3.63) is 35.9 Å². The summed E-state index contributed by atoms with van der Waals surface area (Å²) in [5.41, 5.74) is 0.949. The van der Waals surface area contributed by atoms with Crippen molar-refractivity contribution in [1.82, 2.24) is 0 Å². The number of hydrogen-bond acceptors (Lipinski definition) is 4. The van der Waals surface area contributed by atoms with Crippen LogP contribution in [0.4, 0.5) is 0 Å². The topological polar surface area (TPSA) is 50.8 Å². The Bertz CT molecular complexity index is 447. The van der Waals surface area contributed by atoms with Crippen LogP contribution in [0.1, 0.15) is 12.5 Å². The number of benzene rings is 1. The lowest BCUT2D eigenvalue weighted by molar-refractivity contribution is -0.209. The van der Waals surface area contributed by atoms with E-state index in [1.807, 2.05) is 18.2 Å². The van der Waals surface area contributed by atoms with E-state index in [0.717, 1.165) is 17.7 Å². The normalized spacial score (nSPS) is 24.4. The highest BCUT2D eigenvalue weighted by atomic mass is 31.2. The summed E-state index contributed by atoms with van der Waals surface area (Å²) in [7, 11) is -1.45. The number of fused-ring (bicyclic) bond motifs is 1. The third-order valence-corrected chi connectivity index (χ3v) is 4.45. The molecule has 0 radical (unpaired) electrons. The third kappa shape index (κ3) is 3.02. The van der Waals surface area contributed by atoms with Gasteiger partial charge in [0.15, 0.2) is 5.75 Å². The van der Waals surface area contributed by atoms with Crippen LogP contribution >= 0.6 is 7.94 Å². The van der Waals surface area contributed by atoms with Crippen molar-refractivity contribution in [3.63, 3.8) is 0 Å². The molecule has 0 saturated carbocycles. The van der Waals surface area contributed by atoms with Crippen LogP contribution in [0.15, 0.2) is 30.4 Å². The molecule has 1 heterocycles. The molecular weight excluding hydrogens is 251 g/mol. The zero-order valence-electron chi connectivity index (χ0n) is 10.6. The van der Waals surface area contributed by atoms with Gasteiger partial charge < -0.3 is 14.2 Å². The SMILES string of the molecule is CCO[P+]1([O-])C/C=C\Cc2cc(OC)ccc2O1. The predicted octanol–water partition coefficient (Wildman–Crippen LogP) is 2.35. The second kappa shape index (κ2) is 5.70. The fourth-order valence-corrected chi connectivity index (χ4v) is 3.32. The summed E-state index contributed by atoms with van der Waals surface area (Å²) in [6.07, 6.45) is 4.87. The molecule has 1 unspecified atom stereocenters. The number of allylic oxidation sites excluding steroid dienone is 2. The molecule has 1 aromatic carbocycles. The quantitative estimate of drug-likeness (QED) is 0.623. The highest BCUT2D eigenvalue weighted by Crippen LogP contribution is 2.53. The molecule has 0 amide bonds. The Morgan fingerprint density at radius 3 is 2.94 bits per heavy atom. The van der Waals surface area contributed by atoms with Crippen molar-refractivity contribution in [2.45, 2.75) is 13.3 Å². The molecule has 98 valence electrons. The second-order valence-corrected chi connectivity index (χ2v) is 5.98. The van der Waals surface area contributed by atoms with Gasteiger partial charge >= 0.3 is 0 Å². The summed E-state index contributed by atoms with van der Waals surface area (Å²) < 4.78 is 16.0. The molecule has 0 bridgehead atoms. The molecule has 0 fully saturated rings. The maximum Gasteiger partial charge on any atom is 0.288 e. The van der Waals surface area contributed by atoms with Crippen molar-refractivity contribution >= 4 is 7.94 Å². The van der Waals surface area contributed by atoms with Crippen LogP contribution in [-0.2, 0) is 10.9 Å². The van der Waals surface area contributed by atoms with Gasteiger partial charge in [-0.3, -0.25) is 0 Å². The Balaban J connectivity index is 2.32. The smallest absolute Gasteiger partial charge is 0.288 e. The van der Waals surface area contributed by atoms with Gasteiger partial charge in [-0.1, -0.05) is 6.08 Å². The lowest BCUT2D eigenvalue weighted by atomic mass is 10.1. The monoisotopic (exact) mass is 268 g/mol. The number of rotatable bonds is 3. The van der Waals surface area contributed by atoms with E-state index in [4.69, 9.17) is 13.8 Å². The minimum absolute atomic E-state index is 0.312. The van der Waals surface area contributed by atoms with Gasteiger partial charge in [-0.05, 0) is 37.6 Å². The van der Waals surface area contributed by atoms with E-state index < -0.39 is 7.94 Å². The average molecular weight is 268 g/mol. The Morgan fingerprint density at radius 2 is 2.22 bits per heavy atom. The molecular formula is C13H17O4P. The lowest BCUT2D eigenvalue weighted by Crippen LogP contribution is -2.22. The predicted molar refractivity (Wildman–Crippen MR) is 69.9 cm³/mol. The van der Waals surface area contributed by atoms with E-state index >= 15 is 0 Å². The van der Waals surface area contributed by atoms with Gasteiger partial charge in [-0.25, -0.2) is 4.52 Å². The molecule has 2 rings (SSSR count). The summed E-state index contributed by atoms with van der Waals surface area (Å²) in [4.78, 5) is 12.4. The van der Waals surface area contributed by atoms with Gasteiger partial charge in [-0.2, -0.15) is 0 Å². The van der Waals surface area contributed by atoms with E-state index in [-0.39, 0.29) is 0 Å². The largest absolute Gasteiger partial charge is 0.624 e. The summed E-state index contributed by atoms with van der Waals surface area (Å²) in [5.74, 6) is 1.37. The molecule has 0 spiro atoms. The first kappa shape index (κ1) is 13.3. The van der Waals surface area contributed by atoms with Crippen LogP contribution in [0.25, 0.3) is 0 Å². The van der Waals surface area contributed by atoms with Gasteiger partial charge in [0, 0.05) is 5.56 Å².